The standard InChI is InChI=1S/C19H19ClN2O3.ClH/c20-14-5-3-4-13(10-14)15-11-21-8-9-22(15)19(23)18-12-24-16-6-1-2-7-17(16)25-18;/h1-7,10,15,18,21H,8-9,11-12H2;1H. The molecule has 0 aromatic heterocycles. The number of carbonyl (C=O) groups is 1. The van der Waals surface area contributed by atoms with Crippen molar-refractivity contribution < 1.29 is 14.3 Å². The number of halogens is 2. The Balaban J connectivity index is 0.00000196. The summed E-state index contributed by atoms with van der Waals surface area (Å²) >= 11 is 6.13. The van der Waals surface area contributed by atoms with Gasteiger partial charge in [-0.3, -0.25) is 4.79 Å². The van der Waals surface area contributed by atoms with Gasteiger partial charge in [-0.2, -0.15) is 0 Å². The van der Waals surface area contributed by atoms with Crippen LogP contribution in [-0.4, -0.2) is 43.2 Å². The highest BCUT2D eigenvalue weighted by Gasteiger charge is 2.36. The maximum absolute atomic E-state index is 13.1. The number of nitrogens with zero attached hydrogens (tertiary/aromatic N) is 1. The molecule has 1 amide bonds. The minimum atomic E-state index is -0.630. The zero-order chi connectivity index (χ0) is 17.2. The van der Waals surface area contributed by atoms with Gasteiger partial charge in [-0.05, 0) is 29.8 Å². The average molecular weight is 395 g/mol. The Morgan fingerprint density at radius 1 is 1.15 bits per heavy atom. The van der Waals surface area contributed by atoms with E-state index in [0.29, 0.717) is 29.6 Å². The number of amides is 1. The highest BCUT2D eigenvalue weighted by molar-refractivity contribution is 6.30. The van der Waals surface area contributed by atoms with Gasteiger partial charge < -0.3 is 19.7 Å². The van der Waals surface area contributed by atoms with Crippen molar-refractivity contribution in [3.05, 3.63) is 59.1 Å². The van der Waals surface area contributed by atoms with Crippen LogP contribution in [0.2, 0.25) is 5.02 Å². The Bertz CT molecular complexity index is 787. The Kier molecular flexibility index (Phi) is 5.91. The SMILES string of the molecule is Cl.O=C(C1COc2ccccc2O1)N1CCNCC1c1cccc(Cl)c1. The second kappa shape index (κ2) is 8.16. The van der Waals surface area contributed by atoms with Crippen LogP contribution in [0, 0.1) is 0 Å². The molecule has 1 saturated heterocycles. The minimum Gasteiger partial charge on any atom is -0.485 e. The van der Waals surface area contributed by atoms with E-state index < -0.39 is 6.10 Å². The third-order valence-corrected chi connectivity index (χ3v) is 4.78. The molecule has 2 aliphatic heterocycles. The number of benzene rings is 2. The van der Waals surface area contributed by atoms with Gasteiger partial charge >= 0.3 is 0 Å². The lowest BCUT2D eigenvalue weighted by Gasteiger charge is -2.39. The molecule has 2 heterocycles. The fourth-order valence-corrected chi connectivity index (χ4v) is 3.50. The van der Waals surface area contributed by atoms with Crippen LogP contribution in [-0.2, 0) is 4.79 Å². The summed E-state index contributed by atoms with van der Waals surface area (Å²) in [6, 6.07) is 15.0. The van der Waals surface area contributed by atoms with E-state index in [1.165, 1.54) is 0 Å². The molecule has 0 radical (unpaired) electrons. The fourth-order valence-electron chi connectivity index (χ4n) is 3.31. The number of para-hydroxylation sites is 2. The third kappa shape index (κ3) is 3.75. The molecule has 26 heavy (non-hydrogen) atoms. The molecule has 0 spiro atoms. The number of fused-ring (bicyclic) bond motifs is 1. The normalized spacial score (nSPS) is 21.7. The van der Waals surface area contributed by atoms with Crippen LogP contribution in [0.1, 0.15) is 11.6 Å². The number of nitrogens with one attached hydrogen (secondary N) is 1. The molecule has 1 fully saturated rings. The smallest absolute Gasteiger partial charge is 0.267 e. The molecule has 2 atom stereocenters. The lowest BCUT2D eigenvalue weighted by atomic mass is 10.0. The zero-order valence-corrected chi connectivity index (χ0v) is 15.6. The molecule has 7 heteroatoms. The summed E-state index contributed by atoms with van der Waals surface area (Å²) < 4.78 is 11.6. The van der Waals surface area contributed by atoms with Crippen molar-refractivity contribution in [3.8, 4) is 11.5 Å². The lowest BCUT2D eigenvalue weighted by Crippen LogP contribution is -2.54. The van der Waals surface area contributed by atoms with Crippen LogP contribution in [0.5, 0.6) is 11.5 Å². The van der Waals surface area contributed by atoms with Crippen molar-refractivity contribution >= 4 is 29.9 Å². The number of hydrogen-bond acceptors (Lipinski definition) is 4. The maximum Gasteiger partial charge on any atom is 0.267 e. The summed E-state index contributed by atoms with van der Waals surface area (Å²) in [6.07, 6.45) is -0.630. The van der Waals surface area contributed by atoms with E-state index in [2.05, 4.69) is 5.32 Å². The van der Waals surface area contributed by atoms with Gasteiger partial charge in [0.25, 0.3) is 5.91 Å². The van der Waals surface area contributed by atoms with E-state index in [1.807, 2.05) is 53.4 Å². The van der Waals surface area contributed by atoms with Gasteiger partial charge in [0.2, 0.25) is 6.10 Å². The largest absolute Gasteiger partial charge is 0.485 e. The second-order valence-electron chi connectivity index (χ2n) is 6.17. The molecule has 2 unspecified atom stereocenters. The molecule has 0 aliphatic carbocycles. The van der Waals surface area contributed by atoms with E-state index >= 15 is 0 Å². The topological polar surface area (TPSA) is 50.8 Å². The van der Waals surface area contributed by atoms with Crippen molar-refractivity contribution in [3.63, 3.8) is 0 Å². The van der Waals surface area contributed by atoms with Crippen molar-refractivity contribution in [2.75, 3.05) is 26.2 Å². The van der Waals surface area contributed by atoms with E-state index in [9.17, 15) is 4.79 Å². The Hall–Kier alpha value is -1.95. The van der Waals surface area contributed by atoms with Gasteiger partial charge in [0, 0.05) is 24.7 Å². The van der Waals surface area contributed by atoms with Gasteiger partial charge in [0.1, 0.15) is 6.61 Å². The number of rotatable bonds is 2. The first-order valence-electron chi connectivity index (χ1n) is 8.37. The van der Waals surface area contributed by atoms with E-state index in [-0.39, 0.29) is 31.0 Å². The van der Waals surface area contributed by atoms with Crippen LogP contribution in [0.3, 0.4) is 0 Å². The molecule has 138 valence electrons. The van der Waals surface area contributed by atoms with Gasteiger partial charge in [-0.25, -0.2) is 0 Å². The first-order valence-corrected chi connectivity index (χ1v) is 8.75. The van der Waals surface area contributed by atoms with Crippen LogP contribution < -0.4 is 14.8 Å². The molecule has 1 N–H and O–H groups in total. The molecule has 2 aromatic carbocycles. The maximum atomic E-state index is 13.1. The van der Waals surface area contributed by atoms with E-state index in [1.54, 1.807) is 0 Å². The molecule has 0 saturated carbocycles. The summed E-state index contributed by atoms with van der Waals surface area (Å²) in [5.41, 5.74) is 1.02. The van der Waals surface area contributed by atoms with Crippen molar-refractivity contribution in [2.24, 2.45) is 0 Å². The monoisotopic (exact) mass is 394 g/mol. The highest BCUT2D eigenvalue weighted by atomic mass is 35.5. The predicted octanol–water partition coefficient (Wildman–Crippen LogP) is 3.07. The minimum absolute atomic E-state index is 0. The summed E-state index contributed by atoms with van der Waals surface area (Å²) in [5, 5.41) is 4.02. The Morgan fingerprint density at radius 3 is 2.77 bits per heavy atom. The molecule has 0 bridgehead atoms. The summed E-state index contributed by atoms with van der Waals surface area (Å²) in [4.78, 5) is 15.0. The quantitative estimate of drug-likeness (QED) is 0.849. The predicted molar refractivity (Wildman–Crippen MR) is 102 cm³/mol. The Morgan fingerprint density at radius 2 is 1.96 bits per heavy atom. The van der Waals surface area contributed by atoms with Crippen LogP contribution in [0.25, 0.3) is 0 Å². The zero-order valence-electron chi connectivity index (χ0n) is 14.1. The first kappa shape index (κ1) is 18.8. The number of carbonyl (C=O) groups excluding carboxylic acids is 1. The summed E-state index contributed by atoms with van der Waals surface area (Å²) in [7, 11) is 0. The number of piperazine rings is 1. The summed E-state index contributed by atoms with van der Waals surface area (Å²) in [6.45, 7) is 2.29. The van der Waals surface area contributed by atoms with Crippen LogP contribution >= 0.6 is 24.0 Å². The van der Waals surface area contributed by atoms with Gasteiger partial charge in [-0.1, -0.05) is 35.9 Å². The number of hydrogen-bond donors (Lipinski definition) is 1. The number of ether oxygens (including phenoxy) is 2. The molecule has 5 nitrogen and oxygen atoms in total. The van der Waals surface area contributed by atoms with Crippen molar-refractivity contribution in [1.29, 1.82) is 0 Å². The van der Waals surface area contributed by atoms with E-state index in [4.69, 9.17) is 21.1 Å². The molecule has 2 aliphatic rings. The van der Waals surface area contributed by atoms with Gasteiger partial charge in [-0.15, -0.1) is 12.4 Å². The van der Waals surface area contributed by atoms with Crippen molar-refractivity contribution in [2.45, 2.75) is 12.1 Å². The highest BCUT2D eigenvalue weighted by Crippen LogP contribution is 2.32. The first-order chi connectivity index (χ1) is 12.2. The Labute approximate surface area is 163 Å². The molecule has 4 rings (SSSR count). The third-order valence-electron chi connectivity index (χ3n) is 4.54. The van der Waals surface area contributed by atoms with Gasteiger partial charge in [0.15, 0.2) is 11.5 Å². The fraction of sp³-hybridized carbons (Fsp3) is 0.316. The molecular weight excluding hydrogens is 375 g/mol. The summed E-state index contributed by atoms with van der Waals surface area (Å²) in [5.74, 6) is 1.24. The van der Waals surface area contributed by atoms with Crippen LogP contribution in [0.4, 0.5) is 0 Å². The lowest BCUT2D eigenvalue weighted by molar-refractivity contribution is -0.144. The van der Waals surface area contributed by atoms with E-state index in [0.717, 1.165) is 12.1 Å². The second-order valence-corrected chi connectivity index (χ2v) is 6.61. The van der Waals surface area contributed by atoms with Crippen LogP contribution in [0.15, 0.2) is 48.5 Å². The van der Waals surface area contributed by atoms with Gasteiger partial charge in [0.05, 0.1) is 6.04 Å². The molecule has 2 aromatic rings. The van der Waals surface area contributed by atoms with Crippen molar-refractivity contribution in [1.82, 2.24) is 10.2 Å². The molecular formula is C19H20Cl2N2O3. The average Bonchev–Trinajstić information content (AvgIpc) is 2.67.